The van der Waals surface area contributed by atoms with Crippen molar-refractivity contribution in [3.05, 3.63) is 121 Å². The molecule has 0 atom stereocenters. The molecule has 5 heteroatoms. The van der Waals surface area contributed by atoms with Crippen LogP contribution >= 0.6 is 17.0 Å². The van der Waals surface area contributed by atoms with Crippen molar-refractivity contribution in [1.29, 1.82) is 0 Å². The summed E-state index contributed by atoms with van der Waals surface area (Å²) in [6, 6.07) is 30.3. The SMILES string of the molecule is Br.O=C(C[n+]1cccc(NC(=O)c2ccccc2)c1)c1ccc(-c2ccccc2)cc1. The van der Waals surface area contributed by atoms with Gasteiger partial charge in [0.1, 0.15) is 5.69 Å². The molecule has 0 unspecified atom stereocenters. The van der Waals surface area contributed by atoms with Crippen LogP contribution in [0.2, 0.25) is 0 Å². The molecule has 0 fully saturated rings. The van der Waals surface area contributed by atoms with Gasteiger partial charge < -0.3 is 5.32 Å². The second-order valence-corrected chi connectivity index (χ2v) is 6.95. The number of anilines is 1. The molecule has 0 aliphatic heterocycles. The topological polar surface area (TPSA) is 50.0 Å². The normalized spacial score (nSPS) is 10.1. The summed E-state index contributed by atoms with van der Waals surface area (Å²) in [7, 11) is 0. The maximum atomic E-state index is 12.7. The van der Waals surface area contributed by atoms with Gasteiger partial charge in [-0.05, 0) is 29.3 Å². The van der Waals surface area contributed by atoms with Crippen LogP contribution in [0, 0.1) is 0 Å². The number of nitrogens with zero attached hydrogens (tertiary/aromatic N) is 1. The van der Waals surface area contributed by atoms with Crippen molar-refractivity contribution in [2.45, 2.75) is 6.54 Å². The van der Waals surface area contributed by atoms with Crippen molar-refractivity contribution in [3.63, 3.8) is 0 Å². The number of Topliss-reactive ketones (excluding diaryl/α,β-unsaturated/α-hetero) is 1. The molecule has 0 aliphatic rings. The van der Waals surface area contributed by atoms with Gasteiger partial charge in [-0.25, -0.2) is 0 Å². The summed E-state index contributed by atoms with van der Waals surface area (Å²) >= 11 is 0. The molecule has 4 aromatic rings. The average Bonchev–Trinajstić information content (AvgIpc) is 2.80. The van der Waals surface area contributed by atoms with Gasteiger partial charge in [0.25, 0.3) is 5.91 Å². The lowest BCUT2D eigenvalue weighted by Gasteiger charge is -2.05. The van der Waals surface area contributed by atoms with E-state index in [0.29, 0.717) is 16.8 Å². The third kappa shape index (κ3) is 5.74. The lowest BCUT2D eigenvalue weighted by atomic mass is 10.0. The first kappa shape index (κ1) is 22.1. The average molecular weight is 474 g/mol. The second-order valence-electron chi connectivity index (χ2n) is 6.95. The number of carbonyl (C=O) groups excluding carboxylic acids is 2. The largest absolute Gasteiger partial charge is 0.317 e. The predicted octanol–water partition coefficient (Wildman–Crippen LogP) is 5.35. The smallest absolute Gasteiger partial charge is 0.255 e. The monoisotopic (exact) mass is 473 g/mol. The Morgan fingerprint density at radius 2 is 1.29 bits per heavy atom. The number of hydrogen-bond acceptors (Lipinski definition) is 2. The van der Waals surface area contributed by atoms with Crippen LogP contribution in [0.25, 0.3) is 11.1 Å². The molecule has 0 saturated carbocycles. The number of halogens is 1. The van der Waals surface area contributed by atoms with Crippen LogP contribution in [0.15, 0.2) is 109 Å². The molecule has 4 rings (SSSR count). The molecular formula is C26H22BrN2O2+. The highest BCUT2D eigenvalue weighted by molar-refractivity contribution is 8.93. The first-order valence-corrected chi connectivity index (χ1v) is 9.73. The van der Waals surface area contributed by atoms with Gasteiger partial charge in [-0.15, -0.1) is 17.0 Å². The van der Waals surface area contributed by atoms with Crippen LogP contribution < -0.4 is 9.88 Å². The molecule has 4 nitrogen and oxygen atoms in total. The Morgan fingerprint density at radius 3 is 1.97 bits per heavy atom. The quantitative estimate of drug-likeness (QED) is 0.303. The molecule has 0 bridgehead atoms. The lowest BCUT2D eigenvalue weighted by molar-refractivity contribution is -0.682. The number of nitrogens with one attached hydrogen (secondary N) is 1. The number of aromatic nitrogens is 1. The maximum absolute atomic E-state index is 12.7. The zero-order valence-electron chi connectivity index (χ0n) is 16.8. The molecular weight excluding hydrogens is 452 g/mol. The van der Waals surface area contributed by atoms with E-state index in [9.17, 15) is 9.59 Å². The standard InChI is InChI=1S/C26H20N2O2.BrH/c29-25(22-15-13-21(14-16-22)20-8-3-1-4-9-20)19-28-17-7-12-24(18-28)27-26(30)23-10-5-2-6-11-23;/h1-18H,19H2;1H/p+1. The minimum atomic E-state index is -0.184. The highest BCUT2D eigenvalue weighted by atomic mass is 79.9. The Bertz CT molecular complexity index is 1160. The van der Waals surface area contributed by atoms with Gasteiger partial charge in [-0.1, -0.05) is 72.8 Å². The van der Waals surface area contributed by atoms with E-state index in [1.807, 2.05) is 85.1 Å². The maximum Gasteiger partial charge on any atom is 0.255 e. The third-order valence-electron chi connectivity index (χ3n) is 4.79. The molecule has 3 aromatic carbocycles. The summed E-state index contributed by atoms with van der Waals surface area (Å²) < 4.78 is 1.77. The molecule has 0 saturated heterocycles. The third-order valence-corrected chi connectivity index (χ3v) is 4.79. The first-order valence-electron chi connectivity index (χ1n) is 9.73. The van der Waals surface area contributed by atoms with Gasteiger partial charge in [0, 0.05) is 17.2 Å². The zero-order valence-corrected chi connectivity index (χ0v) is 18.5. The van der Waals surface area contributed by atoms with Crippen molar-refractivity contribution in [1.82, 2.24) is 0 Å². The van der Waals surface area contributed by atoms with E-state index in [4.69, 9.17) is 0 Å². The lowest BCUT2D eigenvalue weighted by Crippen LogP contribution is -2.37. The minimum absolute atomic E-state index is 0. The van der Waals surface area contributed by atoms with Gasteiger partial charge in [0.15, 0.2) is 12.4 Å². The van der Waals surface area contributed by atoms with Crippen molar-refractivity contribution >= 4 is 34.4 Å². The fraction of sp³-hybridized carbons (Fsp3) is 0.0385. The van der Waals surface area contributed by atoms with Crippen LogP contribution in [0.5, 0.6) is 0 Å². The Hall–Kier alpha value is -3.57. The fourth-order valence-corrected chi connectivity index (χ4v) is 3.22. The van der Waals surface area contributed by atoms with Gasteiger partial charge in [0.05, 0.1) is 0 Å². The summed E-state index contributed by atoms with van der Waals surface area (Å²) in [6.45, 7) is 0.194. The Morgan fingerprint density at radius 1 is 0.677 bits per heavy atom. The molecule has 1 aromatic heterocycles. The number of amides is 1. The van der Waals surface area contributed by atoms with E-state index < -0.39 is 0 Å². The van der Waals surface area contributed by atoms with Crippen LogP contribution in [0.3, 0.4) is 0 Å². The Labute approximate surface area is 192 Å². The highest BCUT2D eigenvalue weighted by Gasteiger charge is 2.14. The van der Waals surface area contributed by atoms with Gasteiger partial charge in [-0.3, -0.25) is 9.59 Å². The summed E-state index contributed by atoms with van der Waals surface area (Å²) in [5.41, 5.74) is 4.07. The van der Waals surface area contributed by atoms with Gasteiger partial charge in [-0.2, -0.15) is 4.57 Å². The second kappa shape index (κ2) is 10.5. The van der Waals surface area contributed by atoms with Crippen molar-refractivity contribution in [2.24, 2.45) is 0 Å². The molecule has 31 heavy (non-hydrogen) atoms. The van der Waals surface area contributed by atoms with Gasteiger partial charge >= 0.3 is 0 Å². The van der Waals surface area contributed by atoms with Gasteiger partial charge in [0.2, 0.25) is 12.3 Å². The van der Waals surface area contributed by atoms with Crippen molar-refractivity contribution < 1.29 is 14.2 Å². The predicted molar refractivity (Wildman–Crippen MR) is 128 cm³/mol. The van der Waals surface area contributed by atoms with Crippen molar-refractivity contribution in [3.8, 4) is 11.1 Å². The molecule has 1 N–H and O–H groups in total. The molecule has 1 heterocycles. The van der Waals surface area contributed by atoms with Crippen LogP contribution in [0.1, 0.15) is 20.7 Å². The van der Waals surface area contributed by atoms with E-state index in [-0.39, 0.29) is 35.2 Å². The number of carbonyl (C=O) groups is 2. The summed E-state index contributed by atoms with van der Waals surface area (Å²) in [5.74, 6) is -0.178. The number of hydrogen-bond donors (Lipinski definition) is 1. The highest BCUT2D eigenvalue weighted by Crippen LogP contribution is 2.19. The molecule has 1 amide bonds. The van der Waals surface area contributed by atoms with E-state index >= 15 is 0 Å². The summed E-state index contributed by atoms with van der Waals surface area (Å²) in [4.78, 5) is 25.0. The Balaban J connectivity index is 0.00000272. The first-order chi connectivity index (χ1) is 14.7. The fourth-order valence-electron chi connectivity index (χ4n) is 3.22. The molecule has 0 radical (unpaired) electrons. The van der Waals surface area contributed by atoms with E-state index in [2.05, 4.69) is 5.32 Å². The number of benzene rings is 3. The van der Waals surface area contributed by atoms with Crippen LogP contribution in [0.4, 0.5) is 5.69 Å². The Kier molecular flexibility index (Phi) is 7.46. The summed E-state index contributed by atoms with van der Waals surface area (Å²) in [6.07, 6.45) is 3.57. The number of rotatable bonds is 6. The zero-order chi connectivity index (χ0) is 20.8. The molecule has 154 valence electrons. The van der Waals surface area contributed by atoms with E-state index in [1.165, 1.54) is 0 Å². The van der Waals surface area contributed by atoms with Crippen molar-refractivity contribution in [2.75, 3.05) is 5.32 Å². The molecule has 0 spiro atoms. The van der Waals surface area contributed by atoms with E-state index in [1.54, 1.807) is 29.0 Å². The van der Waals surface area contributed by atoms with E-state index in [0.717, 1.165) is 11.1 Å². The number of ketones is 1. The minimum Gasteiger partial charge on any atom is -0.317 e. The van der Waals surface area contributed by atoms with Crippen LogP contribution in [-0.4, -0.2) is 11.7 Å². The number of pyridine rings is 1. The summed E-state index contributed by atoms with van der Waals surface area (Å²) in [5, 5.41) is 2.87. The van der Waals surface area contributed by atoms with Crippen LogP contribution in [-0.2, 0) is 6.54 Å². The molecule has 0 aliphatic carbocycles.